The van der Waals surface area contributed by atoms with Crippen molar-refractivity contribution >= 4 is 60.3 Å². The van der Waals surface area contributed by atoms with Gasteiger partial charge in [-0.1, -0.05) is 12.1 Å². The normalized spacial score (nSPS) is 11.6. The molecule has 2 amide bonds. The molecule has 10 heteroatoms. The van der Waals surface area contributed by atoms with Crippen molar-refractivity contribution in [2.75, 3.05) is 10.6 Å². The minimum atomic E-state index is -4.62. The molecular weight excluding hydrogens is 469 g/mol. The van der Waals surface area contributed by atoms with Crippen LogP contribution in [0.1, 0.15) is 5.82 Å². The highest BCUT2D eigenvalue weighted by molar-refractivity contribution is 9.11. The Morgan fingerprint density at radius 3 is 2.36 bits per heavy atom. The SMILES string of the molecule is O=C(Nc1ccccc1Br)Nc1ccc(Br)c2nc(C(F)(F)F)[nH]c12. The predicted octanol–water partition coefficient (Wildman–Crippen LogP) is 5.75. The Morgan fingerprint density at radius 2 is 1.68 bits per heavy atom. The number of amides is 2. The molecule has 0 atom stereocenters. The smallest absolute Gasteiger partial charge is 0.333 e. The maximum Gasteiger partial charge on any atom is 0.449 e. The predicted molar refractivity (Wildman–Crippen MR) is 95.6 cm³/mol. The number of imidazole rings is 1. The van der Waals surface area contributed by atoms with Gasteiger partial charge >= 0.3 is 12.2 Å². The average molecular weight is 478 g/mol. The molecule has 25 heavy (non-hydrogen) atoms. The number of halogens is 5. The summed E-state index contributed by atoms with van der Waals surface area (Å²) in [7, 11) is 0. The third-order valence-electron chi connectivity index (χ3n) is 3.23. The van der Waals surface area contributed by atoms with E-state index < -0.39 is 18.0 Å². The van der Waals surface area contributed by atoms with Crippen LogP contribution >= 0.6 is 31.9 Å². The Hall–Kier alpha value is -2.07. The second kappa shape index (κ2) is 6.68. The standard InChI is InChI=1S/C15H9Br2F3N4O/c16-7-3-1-2-4-9(7)21-14(25)22-10-6-5-8(17)11-12(10)24-13(23-11)15(18,19)20/h1-6H,(H,23,24)(H2,21,22,25). The van der Waals surface area contributed by atoms with Crippen LogP contribution in [0, 0.1) is 0 Å². The number of carbonyl (C=O) groups is 1. The fourth-order valence-corrected chi connectivity index (χ4v) is 2.94. The fourth-order valence-electron chi connectivity index (χ4n) is 2.14. The molecule has 0 spiro atoms. The first-order valence-electron chi connectivity index (χ1n) is 6.83. The summed E-state index contributed by atoms with van der Waals surface area (Å²) in [6, 6.07) is 9.34. The molecule has 0 saturated carbocycles. The van der Waals surface area contributed by atoms with Crippen LogP contribution in [0.5, 0.6) is 0 Å². The van der Waals surface area contributed by atoms with Crippen LogP contribution < -0.4 is 10.6 Å². The first-order chi connectivity index (χ1) is 11.8. The van der Waals surface area contributed by atoms with Crippen LogP contribution in [-0.2, 0) is 6.18 Å². The molecule has 3 N–H and O–H groups in total. The number of H-pyrrole nitrogens is 1. The van der Waals surface area contributed by atoms with Crippen molar-refractivity contribution < 1.29 is 18.0 Å². The van der Waals surface area contributed by atoms with Crippen molar-refractivity contribution in [1.29, 1.82) is 0 Å². The van der Waals surface area contributed by atoms with Crippen LogP contribution in [0.3, 0.4) is 0 Å². The number of aromatic nitrogens is 2. The number of anilines is 2. The molecular formula is C15H9Br2F3N4O. The van der Waals surface area contributed by atoms with Crippen LogP contribution in [0.2, 0.25) is 0 Å². The molecule has 0 saturated heterocycles. The van der Waals surface area contributed by atoms with Gasteiger partial charge in [0.15, 0.2) is 0 Å². The molecule has 130 valence electrons. The van der Waals surface area contributed by atoms with E-state index in [1.807, 2.05) is 0 Å². The number of benzene rings is 2. The Labute approximate surface area is 156 Å². The summed E-state index contributed by atoms with van der Waals surface area (Å²) in [5, 5.41) is 5.13. The first kappa shape index (κ1) is 17.7. The van der Waals surface area contributed by atoms with Crippen LogP contribution in [0.25, 0.3) is 11.0 Å². The highest BCUT2D eigenvalue weighted by Crippen LogP contribution is 2.34. The summed E-state index contributed by atoms with van der Waals surface area (Å²) in [6.07, 6.45) is -4.62. The number of hydrogen-bond acceptors (Lipinski definition) is 2. The van der Waals surface area contributed by atoms with Gasteiger partial charge < -0.3 is 15.6 Å². The number of para-hydroxylation sites is 1. The van der Waals surface area contributed by atoms with Gasteiger partial charge in [0.2, 0.25) is 5.82 Å². The molecule has 0 aliphatic carbocycles. The molecule has 3 aromatic rings. The summed E-state index contributed by atoms with van der Waals surface area (Å²) >= 11 is 6.45. The lowest BCUT2D eigenvalue weighted by atomic mass is 10.2. The van der Waals surface area contributed by atoms with Gasteiger partial charge in [0, 0.05) is 8.95 Å². The van der Waals surface area contributed by atoms with Gasteiger partial charge in [0.05, 0.1) is 16.9 Å². The van der Waals surface area contributed by atoms with Gasteiger partial charge in [0.1, 0.15) is 5.52 Å². The molecule has 0 bridgehead atoms. The van der Waals surface area contributed by atoms with Gasteiger partial charge in [-0.25, -0.2) is 9.78 Å². The van der Waals surface area contributed by atoms with Gasteiger partial charge in [0.25, 0.3) is 0 Å². The van der Waals surface area contributed by atoms with E-state index in [1.54, 1.807) is 24.3 Å². The Bertz CT molecular complexity index is 956. The zero-order chi connectivity index (χ0) is 18.2. The number of nitrogens with one attached hydrogen (secondary N) is 3. The Morgan fingerprint density at radius 1 is 1.00 bits per heavy atom. The molecule has 5 nitrogen and oxygen atoms in total. The number of fused-ring (bicyclic) bond motifs is 1. The minimum Gasteiger partial charge on any atom is -0.333 e. The van der Waals surface area contributed by atoms with E-state index in [0.29, 0.717) is 14.6 Å². The molecule has 1 heterocycles. The number of alkyl halides is 3. The third-order valence-corrected chi connectivity index (χ3v) is 4.57. The highest BCUT2D eigenvalue weighted by atomic mass is 79.9. The molecule has 1 aromatic heterocycles. The van der Waals surface area contributed by atoms with Crippen molar-refractivity contribution in [2.24, 2.45) is 0 Å². The van der Waals surface area contributed by atoms with E-state index in [-0.39, 0.29) is 16.7 Å². The van der Waals surface area contributed by atoms with Crippen molar-refractivity contribution in [3.05, 3.63) is 51.2 Å². The average Bonchev–Trinajstić information content (AvgIpc) is 2.99. The second-order valence-corrected chi connectivity index (χ2v) is 6.67. The maximum absolute atomic E-state index is 12.9. The van der Waals surface area contributed by atoms with E-state index in [2.05, 4.69) is 52.5 Å². The van der Waals surface area contributed by atoms with Crippen LogP contribution in [-0.4, -0.2) is 16.0 Å². The number of rotatable bonds is 2. The van der Waals surface area contributed by atoms with Gasteiger partial charge in [-0.15, -0.1) is 0 Å². The lowest BCUT2D eigenvalue weighted by Gasteiger charge is -2.10. The number of carbonyl (C=O) groups excluding carboxylic acids is 1. The monoisotopic (exact) mass is 476 g/mol. The lowest BCUT2D eigenvalue weighted by molar-refractivity contribution is -0.144. The number of hydrogen-bond donors (Lipinski definition) is 3. The molecule has 0 radical (unpaired) electrons. The summed E-state index contributed by atoms with van der Waals surface area (Å²) in [6.45, 7) is 0. The fraction of sp³-hybridized carbons (Fsp3) is 0.0667. The van der Waals surface area contributed by atoms with E-state index in [9.17, 15) is 18.0 Å². The molecule has 0 unspecified atom stereocenters. The van der Waals surface area contributed by atoms with E-state index in [0.717, 1.165) is 0 Å². The van der Waals surface area contributed by atoms with E-state index in [1.165, 1.54) is 12.1 Å². The molecule has 0 fully saturated rings. The highest BCUT2D eigenvalue weighted by Gasteiger charge is 2.35. The lowest BCUT2D eigenvalue weighted by Crippen LogP contribution is -2.19. The van der Waals surface area contributed by atoms with Gasteiger partial charge in [-0.2, -0.15) is 13.2 Å². The first-order valence-corrected chi connectivity index (χ1v) is 8.42. The topological polar surface area (TPSA) is 69.8 Å². The summed E-state index contributed by atoms with van der Waals surface area (Å²) < 4.78 is 39.7. The van der Waals surface area contributed by atoms with E-state index in [4.69, 9.17) is 0 Å². The van der Waals surface area contributed by atoms with Crippen LogP contribution in [0.15, 0.2) is 45.3 Å². The number of nitrogens with zero attached hydrogens (tertiary/aromatic N) is 1. The zero-order valence-electron chi connectivity index (χ0n) is 12.2. The minimum absolute atomic E-state index is 0.0731. The molecule has 0 aliphatic rings. The maximum atomic E-state index is 12.9. The largest absolute Gasteiger partial charge is 0.449 e. The Balaban J connectivity index is 1.91. The summed E-state index contributed by atoms with van der Waals surface area (Å²) in [5.41, 5.74) is 0.842. The van der Waals surface area contributed by atoms with E-state index >= 15 is 0 Å². The van der Waals surface area contributed by atoms with Crippen molar-refractivity contribution in [3.63, 3.8) is 0 Å². The number of aromatic amines is 1. The van der Waals surface area contributed by atoms with Crippen molar-refractivity contribution in [3.8, 4) is 0 Å². The second-order valence-electron chi connectivity index (χ2n) is 4.96. The van der Waals surface area contributed by atoms with Gasteiger partial charge in [-0.3, -0.25) is 0 Å². The summed E-state index contributed by atoms with van der Waals surface area (Å²) in [4.78, 5) is 17.9. The zero-order valence-corrected chi connectivity index (χ0v) is 15.4. The van der Waals surface area contributed by atoms with Crippen molar-refractivity contribution in [1.82, 2.24) is 9.97 Å². The van der Waals surface area contributed by atoms with Gasteiger partial charge in [-0.05, 0) is 56.1 Å². The summed E-state index contributed by atoms with van der Waals surface area (Å²) in [5.74, 6) is -1.14. The molecule has 0 aliphatic heterocycles. The molecule has 2 aromatic carbocycles. The Kier molecular flexibility index (Phi) is 4.74. The third kappa shape index (κ3) is 3.79. The quantitative estimate of drug-likeness (QED) is 0.439. The van der Waals surface area contributed by atoms with Crippen molar-refractivity contribution in [2.45, 2.75) is 6.18 Å². The van der Waals surface area contributed by atoms with Crippen LogP contribution in [0.4, 0.5) is 29.3 Å². The number of urea groups is 1. The molecule has 3 rings (SSSR count).